The molecule has 2 N–H and O–H groups in total. The molecule has 0 radical (unpaired) electrons. The Morgan fingerprint density at radius 1 is 1.53 bits per heavy atom. The lowest BCUT2D eigenvalue weighted by atomic mass is 9.89. The van der Waals surface area contributed by atoms with E-state index in [1.807, 2.05) is 32.0 Å². The minimum absolute atomic E-state index is 0.0186. The van der Waals surface area contributed by atoms with Gasteiger partial charge in [-0.25, -0.2) is 0 Å². The lowest BCUT2D eigenvalue weighted by Crippen LogP contribution is -2.34. The summed E-state index contributed by atoms with van der Waals surface area (Å²) in [6.07, 6.45) is 2.24. The minimum atomic E-state index is -0.406. The first-order valence-electron chi connectivity index (χ1n) is 6.80. The monoisotopic (exact) mass is 263 g/mol. The Bertz CT molecular complexity index is 457. The molecule has 0 saturated carbocycles. The molecule has 1 aromatic rings. The normalized spacial score (nSPS) is 18.0. The number of hydrogen-bond acceptors (Lipinski definition) is 3. The fourth-order valence-electron chi connectivity index (χ4n) is 2.43. The number of rotatable bonds is 4. The lowest BCUT2D eigenvalue weighted by Gasteiger charge is -2.23. The predicted molar refractivity (Wildman–Crippen MR) is 73.1 cm³/mol. The average Bonchev–Trinajstić information content (AvgIpc) is 2.36. The molecular formula is C15H21NO3. The summed E-state index contributed by atoms with van der Waals surface area (Å²) >= 11 is 0. The van der Waals surface area contributed by atoms with E-state index in [0.29, 0.717) is 0 Å². The van der Waals surface area contributed by atoms with Crippen molar-refractivity contribution in [2.24, 2.45) is 0 Å². The van der Waals surface area contributed by atoms with Gasteiger partial charge in [0.25, 0.3) is 5.91 Å². The van der Waals surface area contributed by atoms with Crippen LogP contribution in [-0.2, 0) is 11.2 Å². The van der Waals surface area contributed by atoms with Gasteiger partial charge in [0.15, 0.2) is 6.61 Å². The molecule has 0 fully saturated rings. The number of nitrogens with one attached hydrogen (secondary N) is 1. The SMILES string of the molecule is CC(C)NC(=O)COc1cccc2c1CCC[C@@H]2O. The molecule has 0 bridgehead atoms. The van der Waals surface area contributed by atoms with Crippen molar-refractivity contribution in [1.82, 2.24) is 5.32 Å². The van der Waals surface area contributed by atoms with Crippen LogP contribution in [0.2, 0.25) is 0 Å². The topological polar surface area (TPSA) is 58.6 Å². The second-order valence-electron chi connectivity index (χ2n) is 5.24. The largest absolute Gasteiger partial charge is 0.483 e. The number of aliphatic hydroxyl groups is 1. The van der Waals surface area contributed by atoms with Crippen molar-refractivity contribution in [3.05, 3.63) is 29.3 Å². The summed E-state index contributed by atoms with van der Waals surface area (Å²) in [7, 11) is 0. The van der Waals surface area contributed by atoms with E-state index in [-0.39, 0.29) is 18.6 Å². The standard InChI is InChI=1S/C15H21NO3/c1-10(2)16-15(18)9-19-14-8-4-5-11-12(14)6-3-7-13(11)17/h4-5,8,10,13,17H,3,6-7,9H2,1-2H3,(H,16,18)/t13-/m0/s1. The number of fused-ring (bicyclic) bond motifs is 1. The number of carbonyl (C=O) groups excluding carboxylic acids is 1. The highest BCUT2D eigenvalue weighted by Gasteiger charge is 2.21. The van der Waals surface area contributed by atoms with Gasteiger partial charge < -0.3 is 15.2 Å². The van der Waals surface area contributed by atoms with Crippen LogP contribution in [-0.4, -0.2) is 23.7 Å². The number of carbonyl (C=O) groups is 1. The maximum Gasteiger partial charge on any atom is 0.258 e. The number of aliphatic hydroxyl groups excluding tert-OH is 1. The summed E-state index contributed by atoms with van der Waals surface area (Å²) in [5.74, 6) is 0.596. The van der Waals surface area contributed by atoms with Crippen LogP contribution >= 0.6 is 0 Å². The van der Waals surface area contributed by atoms with Gasteiger partial charge in [-0.2, -0.15) is 0 Å². The van der Waals surface area contributed by atoms with E-state index in [1.165, 1.54) is 0 Å². The van der Waals surface area contributed by atoms with Crippen LogP contribution in [0.5, 0.6) is 5.75 Å². The summed E-state index contributed by atoms with van der Waals surface area (Å²) in [6.45, 7) is 3.85. The summed E-state index contributed by atoms with van der Waals surface area (Å²) in [4.78, 5) is 11.6. The van der Waals surface area contributed by atoms with Gasteiger partial charge in [0, 0.05) is 6.04 Å². The fraction of sp³-hybridized carbons (Fsp3) is 0.533. The van der Waals surface area contributed by atoms with Crippen LogP contribution in [0.1, 0.15) is 43.9 Å². The molecular weight excluding hydrogens is 242 g/mol. The van der Waals surface area contributed by atoms with E-state index in [9.17, 15) is 9.90 Å². The van der Waals surface area contributed by atoms with Crippen LogP contribution in [0, 0.1) is 0 Å². The Labute approximate surface area is 113 Å². The molecule has 1 aliphatic carbocycles. The third-order valence-electron chi connectivity index (χ3n) is 3.24. The second kappa shape index (κ2) is 6.06. The molecule has 19 heavy (non-hydrogen) atoms. The quantitative estimate of drug-likeness (QED) is 0.873. The fourth-order valence-corrected chi connectivity index (χ4v) is 2.43. The van der Waals surface area contributed by atoms with Crippen molar-refractivity contribution >= 4 is 5.91 Å². The van der Waals surface area contributed by atoms with Crippen LogP contribution in [0.25, 0.3) is 0 Å². The number of benzene rings is 1. The summed E-state index contributed by atoms with van der Waals surface area (Å²) in [5.41, 5.74) is 1.98. The third-order valence-corrected chi connectivity index (χ3v) is 3.24. The van der Waals surface area contributed by atoms with Crippen LogP contribution in [0.4, 0.5) is 0 Å². The summed E-state index contributed by atoms with van der Waals surface area (Å²) in [6, 6.07) is 5.77. The molecule has 1 aliphatic rings. The highest BCUT2D eigenvalue weighted by Crippen LogP contribution is 2.35. The zero-order chi connectivity index (χ0) is 13.8. The van der Waals surface area contributed by atoms with Gasteiger partial charge in [0.1, 0.15) is 5.75 Å². The number of hydrogen-bond donors (Lipinski definition) is 2. The summed E-state index contributed by atoms with van der Waals surface area (Å²) < 4.78 is 5.59. The van der Waals surface area contributed by atoms with E-state index in [1.54, 1.807) is 0 Å². The third kappa shape index (κ3) is 3.47. The maximum atomic E-state index is 11.6. The molecule has 0 spiro atoms. The first-order valence-corrected chi connectivity index (χ1v) is 6.80. The molecule has 0 aliphatic heterocycles. The van der Waals surface area contributed by atoms with Crippen molar-refractivity contribution in [2.45, 2.75) is 45.3 Å². The van der Waals surface area contributed by atoms with Gasteiger partial charge in [-0.3, -0.25) is 4.79 Å². The highest BCUT2D eigenvalue weighted by atomic mass is 16.5. The Balaban J connectivity index is 2.05. The van der Waals surface area contributed by atoms with E-state index in [0.717, 1.165) is 36.1 Å². The molecule has 4 nitrogen and oxygen atoms in total. The molecule has 2 rings (SSSR count). The molecule has 0 unspecified atom stereocenters. The van der Waals surface area contributed by atoms with E-state index < -0.39 is 6.10 Å². The van der Waals surface area contributed by atoms with Crippen LogP contribution < -0.4 is 10.1 Å². The zero-order valence-electron chi connectivity index (χ0n) is 11.5. The first-order chi connectivity index (χ1) is 9.08. The van der Waals surface area contributed by atoms with Crippen molar-refractivity contribution in [1.29, 1.82) is 0 Å². The number of amides is 1. The van der Waals surface area contributed by atoms with Gasteiger partial charge >= 0.3 is 0 Å². The van der Waals surface area contributed by atoms with Gasteiger partial charge in [-0.15, -0.1) is 0 Å². The predicted octanol–water partition coefficient (Wildman–Crippen LogP) is 1.96. The van der Waals surface area contributed by atoms with E-state index in [4.69, 9.17) is 4.74 Å². The maximum absolute atomic E-state index is 11.6. The molecule has 1 atom stereocenters. The van der Waals surface area contributed by atoms with Gasteiger partial charge in [0.2, 0.25) is 0 Å². The average molecular weight is 263 g/mol. The van der Waals surface area contributed by atoms with Gasteiger partial charge in [-0.05, 0) is 50.3 Å². The highest BCUT2D eigenvalue weighted by molar-refractivity contribution is 5.77. The van der Waals surface area contributed by atoms with E-state index >= 15 is 0 Å². The Kier molecular flexibility index (Phi) is 4.43. The van der Waals surface area contributed by atoms with Crippen molar-refractivity contribution in [3.8, 4) is 5.75 Å². The molecule has 0 aromatic heterocycles. The minimum Gasteiger partial charge on any atom is -0.483 e. The molecule has 1 amide bonds. The van der Waals surface area contributed by atoms with Gasteiger partial charge in [0.05, 0.1) is 6.10 Å². The molecule has 0 heterocycles. The number of ether oxygens (including phenoxy) is 1. The molecule has 0 saturated heterocycles. The smallest absolute Gasteiger partial charge is 0.258 e. The Morgan fingerprint density at radius 2 is 2.32 bits per heavy atom. The van der Waals surface area contributed by atoms with Crippen molar-refractivity contribution < 1.29 is 14.6 Å². The van der Waals surface area contributed by atoms with Gasteiger partial charge in [-0.1, -0.05) is 12.1 Å². The van der Waals surface area contributed by atoms with E-state index in [2.05, 4.69) is 5.32 Å². The van der Waals surface area contributed by atoms with Crippen molar-refractivity contribution in [2.75, 3.05) is 6.61 Å². The molecule has 1 aromatic carbocycles. The summed E-state index contributed by atoms with van der Waals surface area (Å²) in [5, 5.41) is 12.7. The van der Waals surface area contributed by atoms with Crippen LogP contribution in [0.3, 0.4) is 0 Å². The first kappa shape index (κ1) is 13.9. The van der Waals surface area contributed by atoms with Crippen molar-refractivity contribution in [3.63, 3.8) is 0 Å². The second-order valence-corrected chi connectivity index (χ2v) is 5.24. The molecule has 104 valence electrons. The Morgan fingerprint density at radius 3 is 3.05 bits per heavy atom. The van der Waals surface area contributed by atoms with Crippen LogP contribution in [0.15, 0.2) is 18.2 Å². The molecule has 4 heteroatoms. The zero-order valence-corrected chi connectivity index (χ0v) is 11.5. The Hall–Kier alpha value is -1.55. The lowest BCUT2D eigenvalue weighted by molar-refractivity contribution is -0.123.